The number of hydrogen-bond donors (Lipinski definition) is 2. The molecule has 0 amide bonds. The number of aromatic nitrogens is 4. The second-order valence-electron chi connectivity index (χ2n) is 12.7. The lowest BCUT2D eigenvalue weighted by atomic mass is 9.77. The van der Waals surface area contributed by atoms with Crippen molar-refractivity contribution in [2.45, 2.75) is 108 Å². The summed E-state index contributed by atoms with van der Waals surface area (Å²) in [6.07, 6.45) is 3.55. The maximum absolute atomic E-state index is 11.0. The van der Waals surface area contributed by atoms with E-state index < -0.39 is 20.5 Å². The Morgan fingerprint density at radius 2 is 2.08 bits per heavy atom. The molecule has 2 unspecified atom stereocenters. The third-order valence-corrected chi connectivity index (χ3v) is 18.1. The first-order valence-electron chi connectivity index (χ1n) is 13.6. The third-order valence-electron chi connectivity index (χ3n) is 8.71. The number of imidazole rings is 1. The van der Waals surface area contributed by atoms with Crippen molar-refractivity contribution < 1.29 is 18.8 Å². The van der Waals surface area contributed by atoms with Crippen LogP contribution in [-0.2, 0) is 25.5 Å². The van der Waals surface area contributed by atoms with Gasteiger partial charge in [-0.25, -0.2) is 15.0 Å². The minimum absolute atomic E-state index is 0.0516. The Hall–Kier alpha value is -0.853. The number of anilines is 1. The van der Waals surface area contributed by atoms with Crippen LogP contribution in [0.5, 0.6) is 0 Å². The van der Waals surface area contributed by atoms with Crippen LogP contribution in [0.15, 0.2) is 24.8 Å². The SMILES string of the molecule is C=C(C)[C@@H]1CC[C@](C)(S[PH](=S)OC[C@H]2O[C@@H](n3cnc4c(N)ncnc43)CC2O[Si](C)(C)C(C)(C)C)[C@@H](O)C1. The van der Waals surface area contributed by atoms with Gasteiger partial charge in [0.2, 0.25) is 0 Å². The molecule has 13 heteroatoms. The number of aliphatic hydroxyl groups is 1. The molecule has 2 aromatic rings. The summed E-state index contributed by atoms with van der Waals surface area (Å²) in [4.78, 5) is 12.9. The lowest BCUT2D eigenvalue weighted by Crippen LogP contribution is -2.46. The molecule has 4 rings (SSSR count). The van der Waals surface area contributed by atoms with Crippen LogP contribution in [-0.4, -0.2) is 62.6 Å². The highest BCUT2D eigenvalue weighted by atomic mass is 32.9. The number of hydrogen-bond acceptors (Lipinski definition) is 10. The van der Waals surface area contributed by atoms with Crippen LogP contribution in [0.2, 0.25) is 18.1 Å². The molecule has 1 saturated heterocycles. The molecule has 2 aliphatic rings. The van der Waals surface area contributed by atoms with Gasteiger partial charge >= 0.3 is 0 Å². The number of allylic oxidation sites excluding steroid dienone is 1. The van der Waals surface area contributed by atoms with E-state index in [-0.39, 0.29) is 28.2 Å². The summed E-state index contributed by atoms with van der Waals surface area (Å²) >= 11 is 7.46. The zero-order chi connectivity index (χ0) is 28.8. The smallest absolute Gasteiger partial charge is 0.192 e. The Kier molecular flexibility index (Phi) is 9.40. The van der Waals surface area contributed by atoms with Crippen molar-refractivity contribution in [1.82, 2.24) is 19.5 Å². The van der Waals surface area contributed by atoms with E-state index in [0.29, 0.717) is 35.9 Å². The van der Waals surface area contributed by atoms with E-state index in [1.54, 1.807) is 17.7 Å². The van der Waals surface area contributed by atoms with Crippen molar-refractivity contribution in [2.75, 3.05) is 12.3 Å². The first kappa shape index (κ1) is 31.1. The molecule has 7 atom stereocenters. The molecule has 1 aliphatic carbocycles. The number of nitrogens with zero attached hydrogens (tertiary/aromatic N) is 4. The number of ether oxygens (including phenoxy) is 1. The summed E-state index contributed by atoms with van der Waals surface area (Å²) in [5.41, 5.74) is 8.35. The van der Waals surface area contributed by atoms with Gasteiger partial charge < -0.3 is 24.5 Å². The van der Waals surface area contributed by atoms with Crippen LogP contribution in [0.1, 0.15) is 66.5 Å². The standard InChI is InChI=1S/C26H44N5O4PS2Si/c1-16(2)17-9-10-26(6,20(32)11-17)38-36(37)33-13-19-18(35-39(7,8)25(3,4)5)12-21(34-19)31-15-30-22-23(27)28-14-29-24(22)31/h14-15,17-21,32,36H,1,9-13H2,2-8H3,(H2,27,28,29)/t17-,18?,19-,20+,21-,26+/m1/s1. The minimum atomic E-state index is -2.09. The molecule has 9 nitrogen and oxygen atoms in total. The molecule has 1 aliphatic heterocycles. The van der Waals surface area contributed by atoms with E-state index in [2.05, 4.69) is 62.3 Å². The second-order valence-corrected chi connectivity index (χ2v) is 23.0. The van der Waals surface area contributed by atoms with Gasteiger partial charge in [0.15, 0.2) is 19.8 Å². The van der Waals surface area contributed by atoms with Gasteiger partial charge in [0.1, 0.15) is 30.3 Å². The minimum Gasteiger partial charge on any atom is -0.411 e. The van der Waals surface area contributed by atoms with Crippen molar-refractivity contribution in [2.24, 2.45) is 5.92 Å². The molecule has 0 spiro atoms. The predicted octanol–water partition coefficient (Wildman–Crippen LogP) is 5.84. The van der Waals surface area contributed by atoms with E-state index in [9.17, 15) is 5.11 Å². The average Bonchev–Trinajstić information content (AvgIpc) is 3.43. The molecule has 1 saturated carbocycles. The zero-order valence-corrected chi connectivity index (χ0v) is 27.8. The number of nitrogens with two attached hydrogens (primary N) is 1. The molecule has 0 radical (unpaired) electrons. The number of fused-ring (bicyclic) bond motifs is 1. The first-order valence-corrected chi connectivity index (χ1v) is 20.6. The van der Waals surface area contributed by atoms with Crippen LogP contribution in [0, 0.1) is 5.92 Å². The molecule has 0 bridgehead atoms. The van der Waals surface area contributed by atoms with Crippen molar-refractivity contribution in [1.29, 1.82) is 0 Å². The Balaban J connectivity index is 1.47. The Bertz CT molecular complexity index is 1220. The van der Waals surface area contributed by atoms with Gasteiger partial charge in [0, 0.05) is 11.2 Å². The predicted molar refractivity (Wildman–Crippen MR) is 166 cm³/mol. The number of rotatable bonds is 9. The van der Waals surface area contributed by atoms with Crippen LogP contribution in [0.3, 0.4) is 0 Å². The first-order chi connectivity index (χ1) is 18.1. The molecule has 218 valence electrons. The fraction of sp³-hybridized carbons (Fsp3) is 0.731. The van der Waals surface area contributed by atoms with Gasteiger partial charge in [0.05, 0.1) is 25.1 Å². The molecule has 2 fully saturated rings. The van der Waals surface area contributed by atoms with Crippen LogP contribution < -0.4 is 5.73 Å². The van der Waals surface area contributed by atoms with Gasteiger partial charge in [-0.15, -0.1) is 0 Å². The van der Waals surface area contributed by atoms with E-state index in [1.807, 2.05) is 11.5 Å². The van der Waals surface area contributed by atoms with E-state index >= 15 is 0 Å². The molecule has 3 heterocycles. The Morgan fingerprint density at radius 1 is 1.36 bits per heavy atom. The monoisotopic (exact) mass is 613 g/mol. The van der Waals surface area contributed by atoms with E-state index in [1.165, 1.54) is 6.33 Å². The summed E-state index contributed by atoms with van der Waals surface area (Å²) in [6, 6.07) is 0. The maximum atomic E-state index is 11.0. The largest absolute Gasteiger partial charge is 0.411 e. The van der Waals surface area contributed by atoms with Gasteiger partial charge in [-0.3, -0.25) is 4.57 Å². The van der Waals surface area contributed by atoms with Crippen molar-refractivity contribution in [3.05, 3.63) is 24.8 Å². The van der Waals surface area contributed by atoms with Crippen LogP contribution in [0.25, 0.3) is 11.2 Å². The van der Waals surface area contributed by atoms with Gasteiger partial charge in [-0.1, -0.05) is 56.1 Å². The van der Waals surface area contributed by atoms with Crippen molar-refractivity contribution in [3.63, 3.8) is 0 Å². The quantitative estimate of drug-likeness (QED) is 0.203. The summed E-state index contributed by atoms with van der Waals surface area (Å²) in [7, 11) is -2.09. The Labute approximate surface area is 243 Å². The molecular formula is C26H44N5O4PS2Si. The molecular weight excluding hydrogens is 570 g/mol. The molecule has 39 heavy (non-hydrogen) atoms. The van der Waals surface area contributed by atoms with Gasteiger partial charge in [-0.2, -0.15) is 0 Å². The van der Waals surface area contributed by atoms with Gasteiger partial charge in [0.25, 0.3) is 0 Å². The summed E-state index contributed by atoms with van der Waals surface area (Å²) < 4.78 is 21.3. The fourth-order valence-electron chi connectivity index (χ4n) is 4.98. The normalized spacial score (nSPS) is 31.0. The highest BCUT2D eigenvalue weighted by Gasteiger charge is 2.46. The van der Waals surface area contributed by atoms with E-state index in [4.69, 9.17) is 31.2 Å². The summed E-state index contributed by atoms with van der Waals surface area (Å²) in [6.45, 7) is 19.8. The highest BCUT2D eigenvalue weighted by molar-refractivity contribution is 8.63. The molecule has 3 N–H and O–H groups in total. The topological polar surface area (TPSA) is 118 Å². The average molecular weight is 614 g/mol. The zero-order valence-electron chi connectivity index (χ0n) is 24.1. The molecule has 2 aromatic heterocycles. The van der Waals surface area contributed by atoms with Crippen molar-refractivity contribution in [3.8, 4) is 0 Å². The third kappa shape index (κ3) is 6.80. The second kappa shape index (κ2) is 11.8. The lowest BCUT2D eigenvalue weighted by Gasteiger charge is -2.41. The number of nitrogen functional groups attached to an aromatic ring is 1. The van der Waals surface area contributed by atoms with Crippen LogP contribution in [0.4, 0.5) is 5.82 Å². The summed E-state index contributed by atoms with van der Waals surface area (Å²) in [5, 5.41) is 11.0. The molecule has 0 aromatic carbocycles. The van der Waals surface area contributed by atoms with Crippen LogP contribution >= 0.6 is 17.5 Å². The van der Waals surface area contributed by atoms with Crippen molar-refractivity contribution >= 4 is 54.6 Å². The Morgan fingerprint density at radius 3 is 2.72 bits per heavy atom. The van der Waals surface area contributed by atoms with E-state index in [0.717, 1.165) is 24.8 Å². The summed E-state index contributed by atoms with van der Waals surface area (Å²) in [5.74, 6) is 0.710. The highest BCUT2D eigenvalue weighted by Crippen LogP contribution is 2.55. The maximum Gasteiger partial charge on any atom is 0.192 e. The number of aliphatic hydroxyl groups excluding tert-OH is 1. The fourth-order valence-corrected chi connectivity index (χ4v) is 11.7. The van der Waals surface area contributed by atoms with Gasteiger partial charge in [-0.05, 0) is 57.2 Å². The lowest BCUT2D eigenvalue weighted by molar-refractivity contribution is -0.0334.